The largest absolute Gasteiger partial charge is 0.465 e. The van der Waals surface area contributed by atoms with Gasteiger partial charge in [0.2, 0.25) is 0 Å². The summed E-state index contributed by atoms with van der Waals surface area (Å²) in [6, 6.07) is 8.29. The second kappa shape index (κ2) is 6.06. The van der Waals surface area contributed by atoms with Crippen LogP contribution < -0.4 is 0 Å². The van der Waals surface area contributed by atoms with Crippen molar-refractivity contribution < 1.29 is 9.53 Å². The number of carbonyl (C=O) groups excluding carboxylic acids is 1. The summed E-state index contributed by atoms with van der Waals surface area (Å²) in [7, 11) is 0. The summed E-state index contributed by atoms with van der Waals surface area (Å²) in [5.74, 6) is 0.108. The second-order valence-electron chi connectivity index (χ2n) is 4.40. The summed E-state index contributed by atoms with van der Waals surface area (Å²) in [4.78, 5) is 16.0. The molecule has 0 saturated carbocycles. The van der Waals surface area contributed by atoms with E-state index < -0.39 is 0 Å². The molecule has 1 heterocycles. The number of ether oxygens (including phenoxy) is 1. The first-order chi connectivity index (χ1) is 9.10. The molecule has 19 heavy (non-hydrogen) atoms. The number of nitrogens with zero attached hydrogens (tertiary/aromatic N) is 1. The van der Waals surface area contributed by atoms with E-state index in [9.17, 15) is 4.79 Å². The van der Waals surface area contributed by atoms with E-state index in [1.54, 1.807) is 0 Å². The van der Waals surface area contributed by atoms with Gasteiger partial charge in [-0.15, -0.1) is 0 Å². The van der Waals surface area contributed by atoms with E-state index >= 15 is 0 Å². The second-order valence-corrected chi connectivity index (χ2v) is 5.36. The molecule has 100 valence electrons. The molecule has 0 aliphatic rings. The van der Waals surface area contributed by atoms with Gasteiger partial charge in [-0.1, -0.05) is 23.4 Å². The van der Waals surface area contributed by atoms with Crippen LogP contribution in [0.3, 0.4) is 0 Å². The van der Waals surface area contributed by atoms with E-state index in [0.717, 1.165) is 21.5 Å². The van der Waals surface area contributed by atoms with Crippen molar-refractivity contribution in [1.82, 2.24) is 4.98 Å². The number of hydrogen-bond donors (Lipinski definition) is 0. The first-order valence-electron chi connectivity index (χ1n) is 6.26. The molecule has 0 N–H and O–H groups in total. The number of aryl methyl sites for hydroxylation is 2. The van der Waals surface area contributed by atoms with Crippen molar-refractivity contribution in [3.8, 4) is 0 Å². The van der Waals surface area contributed by atoms with Crippen LogP contribution in [0.25, 0.3) is 10.9 Å². The molecule has 2 aromatic rings. The van der Waals surface area contributed by atoms with Crippen LogP contribution in [0.1, 0.15) is 18.1 Å². The van der Waals surface area contributed by atoms with Crippen molar-refractivity contribution in [2.24, 2.45) is 0 Å². The Morgan fingerprint density at radius 1 is 1.32 bits per heavy atom. The summed E-state index contributed by atoms with van der Waals surface area (Å²) in [5, 5.41) is 2.03. The van der Waals surface area contributed by atoms with Crippen LogP contribution in [0.15, 0.2) is 29.3 Å². The lowest BCUT2D eigenvalue weighted by Gasteiger charge is -2.07. The first-order valence-corrected chi connectivity index (χ1v) is 7.25. The van der Waals surface area contributed by atoms with Gasteiger partial charge >= 0.3 is 5.97 Å². The fourth-order valence-corrected chi connectivity index (χ4v) is 2.65. The van der Waals surface area contributed by atoms with Gasteiger partial charge in [-0.2, -0.15) is 0 Å². The molecule has 1 aromatic carbocycles. The minimum Gasteiger partial charge on any atom is -0.465 e. The Hall–Kier alpha value is -1.55. The molecule has 0 aliphatic heterocycles. The number of fused-ring (bicyclic) bond motifs is 1. The Morgan fingerprint density at radius 2 is 2.11 bits per heavy atom. The number of benzene rings is 1. The quantitative estimate of drug-likeness (QED) is 0.632. The van der Waals surface area contributed by atoms with E-state index in [2.05, 4.69) is 24.0 Å². The van der Waals surface area contributed by atoms with Gasteiger partial charge in [-0.05, 0) is 44.5 Å². The number of hydrogen-bond acceptors (Lipinski definition) is 4. The molecule has 0 atom stereocenters. The van der Waals surface area contributed by atoms with Gasteiger partial charge in [0.1, 0.15) is 5.03 Å². The van der Waals surface area contributed by atoms with Gasteiger partial charge in [0.25, 0.3) is 0 Å². The zero-order chi connectivity index (χ0) is 13.8. The fourth-order valence-electron chi connectivity index (χ4n) is 1.86. The number of rotatable bonds is 4. The van der Waals surface area contributed by atoms with Crippen LogP contribution in [0.5, 0.6) is 0 Å². The molecular weight excluding hydrogens is 258 g/mol. The number of esters is 1. The van der Waals surface area contributed by atoms with Crippen molar-refractivity contribution in [2.75, 3.05) is 12.4 Å². The van der Waals surface area contributed by atoms with Gasteiger partial charge in [-0.25, -0.2) is 4.98 Å². The molecule has 0 aliphatic carbocycles. The molecule has 0 spiro atoms. The van der Waals surface area contributed by atoms with E-state index in [1.165, 1.54) is 17.3 Å². The predicted molar refractivity (Wildman–Crippen MR) is 78.6 cm³/mol. The molecule has 2 rings (SSSR count). The zero-order valence-corrected chi connectivity index (χ0v) is 12.2. The van der Waals surface area contributed by atoms with Crippen LogP contribution in [-0.2, 0) is 9.53 Å². The number of pyridine rings is 1. The maximum atomic E-state index is 11.4. The highest BCUT2D eigenvalue weighted by atomic mass is 32.2. The monoisotopic (exact) mass is 275 g/mol. The third-order valence-electron chi connectivity index (χ3n) is 2.75. The summed E-state index contributed by atoms with van der Waals surface area (Å²) in [6.07, 6.45) is 0. The van der Waals surface area contributed by atoms with Crippen LogP contribution in [0.4, 0.5) is 0 Å². The summed E-state index contributed by atoms with van der Waals surface area (Å²) in [6.45, 7) is 6.31. The molecule has 3 nitrogen and oxygen atoms in total. The third kappa shape index (κ3) is 3.47. The number of carbonyl (C=O) groups is 1. The van der Waals surface area contributed by atoms with Crippen LogP contribution in [0.2, 0.25) is 0 Å². The summed E-state index contributed by atoms with van der Waals surface area (Å²) in [5.41, 5.74) is 3.27. The Bertz CT molecular complexity index is 610. The van der Waals surface area contributed by atoms with E-state index in [0.29, 0.717) is 12.4 Å². The van der Waals surface area contributed by atoms with E-state index in [4.69, 9.17) is 4.74 Å². The topological polar surface area (TPSA) is 39.2 Å². The first kappa shape index (κ1) is 13.9. The Labute approximate surface area is 117 Å². The van der Waals surface area contributed by atoms with Gasteiger partial charge in [0.05, 0.1) is 17.9 Å². The Balaban J connectivity index is 2.21. The maximum absolute atomic E-state index is 11.4. The molecule has 0 unspecified atom stereocenters. The molecule has 4 heteroatoms. The highest BCUT2D eigenvalue weighted by Gasteiger charge is 2.08. The summed E-state index contributed by atoms with van der Waals surface area (Å²) < 4.78 is 4.92. The van der Waals surface area contributed by atoms with Gasteiger partial charge in [0, 0.05) is 5.39 Å². The van der Waals surface area contributed by atoms with E-state index in [-0.39, 0.29) is 5.97 Å². The van der Waals surface area contributed by atoms with Gasteiger partial charge in [-0.3, -0.25) is 4.79 Å². The van der Waals surface area contributed by atoms with E-state index in [1.807, 2.05) is 26.0 Å². The van der Waals surface area contributed by atoms with Crippen molar-refractivity contribution >= 4 is 28.6 Å². The molecular formula is C15H17NO2S. The molecule has 0 radical (unpaired) electrons. The minimum atomic E-state index is -0.197. The maximum Gasteiger partial charge on any atom is 0.316 e. The standard InChI is InChI=1S/C15H17NO2S/c1-4-18-14(17)9-19-15-11(3)8-12-7-10(2)5-6-13(12)16-15/h5-8H,4,9H2,1-3H3. The molecule has 0 bridgehead atoms. The Morgan fingerprint density at radius 3 is 2.84 bits per heavy atom. The SMILES string of the molecule is CCOC(=O)CSc1nc2ccc(C)cc2cc1C. The average Bonchev–Trinajstić information content (AvgIpc) is 2.36. The van der Waals surface area contributed by atoms with Crippen molar-refractivity contribution in [1.29, 1.82) is 0 Å². The average molecular weight is 275 g/mol. The zero-order valence-electron chi connectivity index (χ0n) is 11.4. The molecule has 1 aromatic heterocycles. The molecule has 0 amide bonds. The third-order valence-corrected chi connectivity index (χ3v) is 3.81. The molecule has 0 saturated heterocycles. The van der Waals surface area contributed by atoms with Crippen molar-refractivity contribution in [3.05, 3.63) is 35.4 Å². The van der Waals surface area contributed by atoms with Crippen LogP contribution in [-0.4, -0.2) is 23.3 Å². The molecule has 0 fully saturated rings. The highest BCUT2D eigenvalue weighted by molar-refractivity contribution is 7.99. The normalized spacial score (nSPS) is 10.7. The Kier molecular flexibility index (Phi) is 4.43. The van der Waals surface area contributed by atoms with Crippen molar-refractivity contribution in [3.63, 3.8) is 0 Å². The number of aromatic nitrogens is 1. The highest BCUT2D eigenvalue weighted by Crippen LogP contribution is 2.25. The summed E-state index contributed by atoms with van der Waals surface area (Å²) >= 11 is 1.43. The fraction of sp³-hybridized carbons (Fsp3) is 0.333. The predicted octanol–water partition coefficient (Wildman–Crippen LogP) is 3.51. The lowest BCUT2D eigenvalue weighted by molar-refractivity contribution is -0.139. The van der Waals surface area contributed by atoms with Crippen LogP contribution >= 0.6 is 11.8 Å². The minimum absolute atomic E-state index is 0.197. The van der Waals surface area contributed by atoms with Gasteiger partial charge in [0.15, 0.2) is 0 Å². The number of thioether (sulfide) groups is 1. The lowest BCUT2D eigenvalue weighted by atomic mass is 10.1. The van der Waals surface area contributed by atoms with Gasteiger partial charge < -0.3 is 4.74 Å². The smallest absolute Gasteiger partial charge is 0.316 e. The van der Waals surface area contributed by atoms with Crippen LogP contribution in [0, 0.1) is 13.8 Å². The van der Waals surface area contributed by atoms with Crippen molar-refractivity contribution in [2.45, 2.75) is 25.8 Å². The lowest BCUT2D eigenvalue weighted by Crippen LogP contribution is -2.07.